The van der Waals surface area contributed by atoms with Crippen molar-refractivity contribution in [2.24, 2.45) is 5.92 Å². The fourth-order valence-electron chi connectivity index (χ4n) is 3.51. The van der Waals surface area contributed by atoms with Gasteiger partial charge in [0, 0.05) is 16.9 Å². The quantitative estimate of drug-likeness (QED) is 0.575. The summed E-state index contributed by atoms with van der Waals surface area (Å²) in [5.74, 6) is 1.60. The highest BCUT2D eigenvalue weighted by Gasteiger charge is 2.32. The highest BCUT2D eigenvalue weighted by Crippen LogP contribution is 2.41. The Morgan fingerprint density at radius 3 is 2.62 bits per heavy atom. The summed E-state index contributed by atoms with van der Waals surface area (Å²) in [6.45, 7) is 7.49. The normalized spacial score (nSPS) is 25.3. The van der Waals surface area contributed by atoms with Crippen molar-refractivity contribution < 1.29 is 4.39 Å². The van der Waals surface area contributed by atoms with E-state index in [9.17, 15) is 4.39 Å². The summed E-state index contributed by atoms with van der Waals surface area (Å²) >= 11 is 0. The lowest BCUT2D eigenvalue weighted by Gasteiger charge is -2.32. The highest BCUT2D eigenvalue weighted by atomic mass is 35.7. The second-order valence-electron chi connectivity index (χ2n) is 8.00. The van der Waals surface area contributed by atoms with Gasteiger partial charge in [0.25, 0.3) is 0 Å². The molecule has 1 heterocycles. The zero-order valence-electron chi connectivity index (χ0n) is 14.5. The average Bonchev–Trinajstić information content (AvgIpc) is 2.87. The molecule has 1 aromatic heterocycles. The van der Waals surface area contributed by atoms with Crippen LogP contribution < -0.4 is 0 Å². The van der Waals surface area contributed by atoms with Gasteiger partial charge in [-0.25, -0.2) is 9.37 Å². The van der Waals surface area contributed by atoms with E-state index in [1.807, 2.05) is 6.07 Å². The molecule has 1 aliphatic rings. The number of benzene rings is 1. The van der Waals surface area contributed by atoms with E-state index in [-0.39, 0.29) is 5.41 Å². The third-order valence-electron chi connectivity index (χ3n) is 4.86. The molecule has 1 aromatic carbocycles. The number of halogens is 2. The molecule has 0 bridgehead atoms. The maximum atomic E-state index is 14.1. The number of aromatic nitrogens is 2. The molecular weight excluding hydrogens is 362 g/mol. The van der Waals surface area contributed by atoms with Crippen molar-refractivity contribution >= 4 is 41.9 Å². The van der Waals surface area contributed by atoms with Crippen molar-refractivity contribution in [3.05, 3.63) is 24.0 Å². The molecule has 0 aliphatic heterocycles. The van der Waals surface area contributed by atoms with Crippen LogP contribution in [0.2, 0.25) is 0 Å². The molecule has 0 amide bonds. The lowest BCUT2D eigenvalue weighted by Crippen LogP contribution is -2.27. The molecule has 0 saturated heterocycles. The van der Waals surface area contributed by atoms with Crippen LogP contribution in [0.15, 0.2) is 23.1 Å². The fraction of sp³-hybridized carbons (Fsp3) is 0.611. The van der Waals surface area contributed by atoms with Gasteiger partial charge >= 0.3 is 0 Å². The van der Waals surface area contributed by atoms with Crippen LogP contribution in [-0.4, -0.2) is 15.0 Å². The Morgan fingerprint density at radius 2 is 2.04 bits per heavy atom. The molecule has 3 rings (SSSR count). The van der Waals surface area contributed by atoms with Gasteiger partial charge in [0.15, 0.2) is 0 Å². The van der Waals surface area contributed by atoms with Gasteiger partial charge < -0.3 is 4.57 Å². The minimum absolute atomic E-state index is 0.0353. The summed E-state index contributed by atoms with van der Waals surface area (Å²) in [5, 5.41) is -1.06. The lowest BCUT2D eigenvalue weighted by atomic mass is 9.87. The molecule has 1 fully saturated rings. The highest BCUT2D eigenvalue weighted by molar-refractivity contribution is 8.21. The van der Waals surface area contributed by atoms with Crippen LogP contribution in [-0.2, 0) is 12.0 Å². The predicted octanol–water partition coefficient (Wildman–Crippen LogP) is 6.31. The smallest absolute Gasteiger partial charge is 0.123 e. The minimum Gasteiger partial charge on any atom is -0.327 e. The summed E-state index contributed by atoms with van der Waals surface area (Å²) < 4.78 is 16.4. The molecule has 2 nitrogen and oxygen atoms in total. The molecule has 0 radical (unpaired) electrons. The van der Waals surface area contributed by atoms with Crippen LogP contribution in [0.4, 0.5) is 4.39 Å². The Hall–Kier alpha value is -0.310. The zero-order chi connectivity index (χ0) is 17.5. The van der Waals surface area contributed by atoms with Gasteiger partial charge in [-0.1, -0.05) is 30.0 Å². The number of nitrogens with zero attached hydrogens (tertiary/aromatic N) is 2. The lowest BCUT2D eigenvalue weighted by molar-refractivity contribution is 0.164. The molecule has 24 heavy (non-hydrogen) atoms. The number of rotatable bonds is 3. The second kappa shape index (κ2) is 6.78. The van der Waals surface area contributed by atoms with Gasteiger partial charge in [-0.05, 0) is 71.5 Å². The van der Waals surface area contributed by atoms with E-state index in [1.165, 1.54) is 11.0 Å². The predicted molar refractivity (Wildman–Crippen MR) is 106 cm³/mol. The van der Waals surface area contributed by atoms with E-state index in [2.05, 4.69) is 46.7 Å². The van der Waals surface area contributed by atoms with E-state index < -0.39 is 5.41 Å². The Bertz CT molecular complexity index is 728. The van der Waals surface area contributed by atoms with Crippen molar-refractivity contribution in [1.29, 1.82) is 0 Å². The number of fused-ring (bicyclic) bond motifs is 1. The number of hydrogen-bond donors (Lipinski definition) is 0. The van der Waals surface area contributed by atoms with Crippen LogP contribution in [0.5, 0.6) is 0 Å². The van der Waals surface area contributed by atoms with E-state index in [4.69, 9.17) is 15.7 Å². The summed E-state index contributed by atoms with van der Waals surface area (Å²) in [6, 6.07) is 6.20. The molecule has 1 atom stereocenters. The minimum atomic E-state index is -1.06. The summed E-state index contributed by atoms with van der Waals surface area (Å²) in [6.07, 6.45) is 3.12. The van der Waals surface area contributed by atoms with E-state index >= 15 is 0 Å². The monoisotopic (exact) mass is 386 g/mol. The Kier molecular flexibility index (Phi) is 5.22. The molecule has 1 unspecified atom stereocenters. The van der Waals surface area contributed by atoms with Crippen LogP contribution >= 0.6 is 30.9 Å². The first-order valence-corrected chi connectivity index (χ1v) is 10.7. The van der Waals surface area contributed by atoms with Crippen LogP contribution in [0.1, 0.15) is 52.3 Å². The van der Waals surface area contributed by atoms with Gasteiger partial charge in [-0.15, -0.1) is 0 Å². The molecule has 6 heteroatoms. The van der Waals surface area contributed by atoms with Gasteiger partial charge in [-0.3, -0.25) is 0 Å². The van der Waals surface area contributed by atoms with Crippen molar-refractivity contribution in [2.75, 3.05) is 0 Å². The molecule has 1 aliphatic carbocycles. The Morgan fingerprint density at radius 1 is 1.38 bits per heavy atom. The standard InChI is InChI=1S/C18H25ClFN2PS/c1-17(2,3)16-21-14-10-13(24-19)4-5-15(14)22(16)11-12-6-8-18(20,23)9-7-12/h4-5,10,12H,6-9,11,23H2,1-3H3. The topological polar surface area (TPSA) is 17.8 Å². The van der Waals surface area contributed by atoms with Crippen molar-refractivity contribution in [2.45, 2.75) is 68.7 Å². The van der Waals surface area contributed by atoms with Crippen molar-refractivity contribution in [1.82, 2.24) is 9.55 Å². The van der Waals surface area contributed by atoms with Crippen LogP contribution in [0, 0.1) is 5.92 Å². The van der Waals surface area contributed by atoms with Crippen molar-refractivity contribution in [3.63, 3.8) is 0 Å². The fourth-order valence-corrected chi connectivity index (χ4v) is 4.41. The average molecular weight is 387 g/mol. The molecule has 1 saturated carbocycles. The second-order valence-corrected chi connectivity index (χ2v) is 10.1. The molecular formula is C18H25ClFN2PS. The van der Waals surface area contributed by atoms with E-state index in [1.54, 1.807) is 0 Å². The Balaban J connectivity index is 1.96. The number of imidazole rings is 1. The van der Waals surface area contributed by atoms with E-state index in [0.717, 1.165) is 41.1 Å². The maximum absolute atomic E-state index is 14.1. The largest absolute Gasteiger partial charge is 0.327 e. The first-order valence-electron chi connectivity index (χ1n) is 8.47. The molecule has 0 spiro atoms. The van der Waals surface area contributed by atoms with Crippen LogP contribution in [0.3, 0.4) is 0 Å². The molecule has 2 aromatic rings. The van der Waals surface area contributed by atoms with Gasteiger partial charge in [-0.2, -0.15) is 0 Å². The molecule has 132 valence electrons. The summed E-state index contributed by atoms with van der Waals surface area (Å²) in [7, 11) is 9.50. The van der Waals surface area contributed by atoms with E-state index in [0.29, 0.717) is 18.8 Å². The van der Waals surface area contributed by atoms with Crippen LogP contribution in [0.25, 0.3) is 11.0 Å². The zero-order valence-corrected chi connectivity index (χ0v) is 17.2. The van der Waals surface area contributed by atoms with Gasteiger partial charge in [0.2, 0.25) is 0 Å². The number of hydrogen-bond acceptors (Lipinski definition) is 2. The first kappa shape index (κ1) is 18.5. The Labute approximate surface area is 154 Å². The summed E-state index contributed by atoms with van der Waals surface area (Å²) in [5.41, 5.74) is 2.11. The van der Waals surface area contributed by atoms with Crippen molar-refractivity contribution in [3.8, 4) is 0 Å². The van der Waals surface area contributed by atoms with Gasteiger partial charge in [0.05, 0.1) is 11.0 Å². The first-order chi connectivity index (χ1) is 11.2. The maximum Gasteiger partial charge on any atom is 0.123 e. The third kappa shape index (κ3) is 3.92. The summed E-state index contributed by atoms with van der Waals surface area (Å²) in [4.78, 5) is 5.91. The molecule has 0 N–H and O–H groups in total. The third-order valence-corrected chi connectivity index (χ3v) is 6.40. The van der Waals surface area contributed by atoms with Gasteiger partial charge in [0.1, 0.15) is 11.2 Å². The SMILES string of the molecule is CC(C)(C)c1nc2cc(SCl)ccc2n1CC1CCC(F)(P)CC1. The number of alkyl halides is 1.